The van der Waals surface area contributed by atoms with Gasteiger partial charge in [0.2, 0.25) is 0 Å². The maximum Gasteiger partial charge on any atom is 0.195 e. The van der Waals surface area contributed by atoms with Crippen molar-refractivity contribution in [3.8, 4) is 23.0 Å². The zero-order valence-electron chi connectivity index (χ0n) is 30.9. The minimum atomic E-state index is -0.0260. The number of ether oxygens (including phenoxy) is 4. The summed E-state index contributed by atoms with van der Waals surface area (Å²) in [5.41, 5.74) is 6.62. The molecule has 0 amide bonds. The van der Waals surface area contributed by atoms with Crippen LogP contribution in [-0.4, -0.2) is 32.2 Å². The van der Waals surface area contributed by atoms with E-state index in [1.54, 1.807) is 0 Å². The molecule has 0 saturated heterocycles. The van der Waals surface area contributed by atoms with Gasteiger partial charge in [-0.1, -0.05) is 104 Å². The van der Waals surface area contributed by atoms with Crippen LogP contribution in [0, 0.1) is 23.7 Å². The molecule has 0 radical (unpaired) electrons. The molecule has 0 atom stereocenters. The zero-order chi connectivity index (χ0) is 35.8. The summed E-state index contributed by atoms with van der Waals surface area (Å²) in [6.45, 7) is 19.6. The molecule has 5 nitrogen and oxygen atoms in total. The van der Waals surface area contributed by atoms with Crippen molar-refractivity contribution in [1.82, 2.24) is 0 Å². The molecule has 0 N–H and O–H groups in total. The van der Waals surface area contributed by atoms with Crippen molar-refractivity contribution in [3.05, 3.63) is 119 Å². The van der Waals surface area contributed by atoms with Crippen LogP contribution >= 0.6 is 0 Å². The van der Waals surface area contributed by atoms with Gasteiger partial charge >= 0.3 is 0 Å². The van der Waals surface area contributed by atoms with Gasteiger partial charge in [-0.3, -0.25) is 4.79 Å². The van der Waals surface area contributed by atoms with E-state index in [4.69, 9.17) is 18.9 Å². The Hall–Kier alpha value is -4.77. The van der Waals surface area contributed by atoms with E-state index in [1.807, 2.05) is 72.8 Å². The van der Waals surface area contributed by atoms with E-state index < -0.39 is 0 Å². The molecule has 0 bridgehead atoms. The molecule has 0 aromatic heterocycles. The van der Waals surface area contributed by atoms with Gasteiger partial charge in [0.1, 0.15) is 23.0 Å². The third kappa shape index (κ3) is 9.26. The van der Waals surface area contributed by atoms with Gasteiger partial charge in [-0.15, -0.1) is 0 Å². The minimum Gasteiger partial charge on any atom is -0.493 e. The first-order chi connectivity index (χ1) is 24.0. The van der Waals surface area contributed by atoms with Crippen molar-refractivity contribution in [3.63, 3.8) is 0 Å². The molecule has 0 spiro atoms. The van der Waals surface area contributed by atoms with Gasteiger partial charge in [-0.05, 0) is 94.5 Å². The summed E-state index contributed by atoms with van der Waals surface area (Å²) in [6, 6.07) is 32.0. The molecular weight excluding hydrogens is 620 g/mol. The van der Waals surface area contributed by atoms with E-state index in [0.29, 0.717) is 61.2 Å². The third-order valence-electron chi connectivity index (χ3n) is 8.11. The van der Waals surface area contributed by atoms with E-state index in [1.165, 1.54) is 0 Å². The normalized spacial score (nSPS) is 13.3. The van der Waals surface area contributed by atoms with E-state index in [0.717, 1.165) is 56.4 Å². The number of hydrogen-bond acceptors (Lipinski definition) is 5. The van der Waals surface area contributed by atoms with Gasteiger partial charge < -0.3 is 18.9 Å². The lowest BCUT2D eigenvalue weighted by Crippen LogP contribution is -2.05. The molecule has 0 fully saturated rings. The van der Waals surface area contributed by atoms with E-state index in [2.05, 4.69) is 79.7 Å². The smallest absolute Gasteiger partial charge is 0.195 e. The molecule has 1 aliphatic rings. The molecule has 5 rings (SSSR count). The van der Waals surface area contributed by atoms with Crippen molar-refractivity contribution in [2.24, 2.45) is 23.7 Å². The lowest BCUT2D eigenvalue weighted by Gasteiger charge is -2.16. The Morgan fingerprint density at radius 3 is 0.740 bits per heavy atom. The zero-order valence-corrected chi connectivity index (χ0v) is 30.9. The summed E-state index contributed by atoms with van der Waals surface area (Å²) in [7, 11) is 0. The fraction of sp³-hybridized carbons (Fsp3) is 0.356. The summed E-state index contributed by atoms with van der Waals surface area (Å²) in [6.07, 6.45) is 0. The lowest BCUT2D eigenvalue weighted by atomic mass is 9.89. The quantitative estimate of drug-likeness (QED) is 0.119. The second kappa shape index (κ2) is 16.8. The average molecular weight is 673 g/mol. The van der Waals surface area contributed by atoms with Crippen LogP contribution in [0.15, 0.2) is 97.1 Å². The second-order valence-electron chi connectivity index (χ2n) is 14.7. The molecule has 0 aliphatic heterocycles. The van der Waals surface area contributed by atoms with Crippen LogP contribution in [-0.2, 0) is 4.79 Å². The largest absolute Gasteiger partial charge is 0.493 e. The number of hydrogen-bond donors (Lipinski definition) is 0. The number of benzene rings is 4. The van der Waals surface area contributed by atoms with Crippen molar-refractivity contribution >= 4 is 28.1 Å². The topological polar surface area (TPSA) is 54.0 Å². The SMILES string of the molecule is CC(C)COc1ccc(C2=C(c3ccc(OCC(C)C)cc3)C(c3ccc(OCC(C)C)cc3)=C(c3ccc(OCC(C)C)cc3)C2=O)cc1. The molecule has 5 heteroatoms. The van der Waals surface area contributed by atoms with Crippen LogP contribution in [0.2, 0.25) is 0 Å². The number of carbonyl (C=O) groups excluding carboxylic acids is 1. The van der Waals surface area contributed by atoms with Crippen LogP contribution < -0.4 is 18.9 Å². The predicted molar refractivity (Wildman–Crippen MR) is 206 cm³/mol. The van der Waals surface area contributed by atoms with Crippen molar-refractivity contribution in [2.45, 2.75) is 55.4 Å². The first-order valence-corrected chi connectivity index (χ1v) is 18.0. The van der Waals surface area contributed by atoms with Gasteiger partial charge in [0.05, 0.1) is 26.4 Å². The predicted octanol–water partition coefficient (Wildman–Crippen LogP) is 10.9. The van der Waals surface area contributed by atoms with Crippen LogP contribution in [0.25, 0.3) is 22.3 Å². The van der Waals surface area contributed by atoms with Crippen LogP contribution in [0.5, 0.6) is 23.0 Å². The molecular formula is C45H52O5. The van der Waals surface area contributed by atoms with E-state index in [9.17, 15) is 4.79 Å². The number of carbonyl (C=O) groups is 1. The highest BCUT2D eigenvalue weighted by molar-refractivity contribution is 6.59. The lowest BCUT2D eigenvalue weighted by molar-refractivity contribution is -0.108. The van der Waals surface area contributed by atoms with Crippen LogP contribution in [0.3, 0.4) is 0 Å². The third-order valence-corrected chi connectivity index (χ3v) is 8.11. The molecule has 4 aromatic carbocycles. The number of Topliss-reactive ketones (excluding diaryl/α,β-unsaturated/α-hetero) is 1. The molecule has 1 aliphatic carbocycles. The van der Waals surface area contributed by atoms with Crippen LogP contribution in [0.4, 0.5) is 0 Å². The summed E-state index contributed by atoms with van der Waals surface area (Å²) in [5, 5.41) is 0. The number of ketones is 1. The Morgan fingerprint density at radius 2 is 0.540 bits per heavy atom. The highest BCUT2D eigenvalue weighted by atomic mass is 16.5. The van der Waals surface area contributed by atoms with Gasteiger partial charge in [0.15, 0.2) is 5.78 Å². The Labute approximate surface area is 298 Å². The summed E-state index contributed by atoms with van der Waals surface area (Å²) in [4.78, 5) is 14.9. The first-order valence-electron chi connectivity index (χ1n) is 18.0. The van der Waals surface area contributed by atoms with Crippen molar-refractivity contribution in [2.75, 3.05) is 26.4 Å². The highest BCUT2D eigenvalue weighted by Gasteiger charge is 2.35. The number of rotatable bonds is 16. The maximum atomic E-state index is 14.9. The van der Waals surface area contributed by atoms with E-state index in [-0.39, 0.29) is 5.78 Å². The van der Waals surface area contributed by atoms with Crippen molar-refractivity contribution < 1.29 is 23.7 Å². The van der Waals surface area contributed by atoms with Gasteiger partial charge in [-0.25, -0.2) is 0 Å². The molecule has 0 unspecified atom stereocenters. The molecule has 262 valence electrons. The minimum absolute atomic E-state index is 0.0260. The summed E-state index contributed by atoms with van der Waals surface area (Å²) in [5.74, 6) is 4.78. The Morgan fingerprint density at radius 1 is 0.340 bits per heavy atom. The Bertz CT molecular complexity index is 1640. The van der Waals surface area contributed by atoms with Gasteiger partial charge in [0, 0.05) is 22.3 Å². The van der Waals surface area contributed by atoms with Crippen LogP contribution in [0.1, 0.15) is 77.6 Å². The molecule has 50 heavy (non-hydrogen) atoms. The number of allylic oxidation sites excluding steroid dienone is 4. The molecule has 0 heterocycles. The second-order valence-corrected chi connectivity index (χ2v) is 14.7. The fourth-order valence-corrected chi connectivity index (χ4v) is 5.65. The molecule has 0 saturated carbocycles. The summed E-state index contributed by atoms with van der Waals surface area (Å²) >= 11 is 0. The standard InChI is InChI=1S/C45H52O5/c1-29(2)25-47-37-17-9-33(10-18-37)41-42(34-11-19-38(20-12-34)48-26-30(3)4)44(36-15-23-40(24-16-36)50-28-32(7)8)45(46)43(41)35-13-21-39(22-14-35)49-27-31(5)6/h9-24,29-32H,25-28H2,1-8H3. The average Bonchev–Trinajstić information content (AvgIpc) is 3.41. The van der Waals surface area contributed by atoms with E-state index >= 15 is 0 Å². The van der Waals surface area contributed by atoms with Crippen molar-refractivity contribution in [1.29, 1.82) is 0 Å². The Kier molecular flexibility index (Phi) is 12.2. The highest BCUT2D eigenvalue weighted by Crippen LogP contribution is 2.50. The molecule has 4 aromatic rings. The summed E-state index contributed by atoms with van der Waals surface area (Å²) < 4.78 is 24.1. The first kappa shape index (κ1) is 36.5. The van der Waals surface area contributed by atoms with Gasteiger partial charge in [-0.2, -0.15) is 0 Å². The monoisotopic (exact) mass is 672 g/mol. The maximum absolute atomic E-state index is 14.9. The Balaban J connectivity index is 1.67. The van der Waals surface area contributed by atoms with Gasteiger partial charge in [0.25, 0.3) is 0 Å². The fourth-order valence-electron chi connectivity index (χ4n) is 5.65.